The van der Waals surface area contributed by atoms with E-state index >= 15 is 0 Å². The number of nitrogens with one attached hydrogen (secondary N) is 1. The molecule has 0 amide bonds. The SMILES string of the molecule is O=S(=O)(CCl)Nc1ccc2cc(Br)ccc2c1. The van der Waals surface area contributed by atoms with E-state index in [-0.39, 0.29) is 0 Å². The number of halogens is 2. The summed E-state index contributed by atoms with van der Waals surface area (Å²) in [6.07, 6.45) is 0. The predicted octanol–water partition coefficient (Wildman–Crippen LogP) is 3.54. The number of anilines is 1. The lowest BCUT2D eigenvalue weighted by Crippen LogP contribution is -2.13. The van der Waals surface area contributed by atoms with E-state index in [0.29, 0.717) is 5.69 Å². The van der Waals surface area contributed by atoms with Crippen LogP contribution >= 0.6 is 27.5 Å². The molecule has 2 aromatic carbocycles. The highest BCUT2D eigenvalue weighted by atomic mass is 79.9. The summed E-state index contributed by atoms with van der Waals surface area (Å²) >= 11 is 8.71. The molecule has 90 valence electrons. The molecule has 0 spiro atoms. The lowest BCUT2D eigenvalue weighted by atomic mass is 10.1. The molecule has 0 aromatic heterocycles. The van der Waals surface area contributed by atoms with Gasteiger partial charge < -0.3 is 0 Å². The quantitative estimate of drug-likeness (QED) is 0.873. The Morgan fingerprint density at radius 3 is 2.47 bits per heavy atom. The predicted molar refractivity (Wildman–Crippen MR) is 74.9 cm³/mol. The van der Waals surface area contributed by atoms with E-state index in [0.717, 1.165) is 15.2 Å². The molecule has 0 heterocycles. The molecule has 0 aliphatic heterocycles. The van der Waals surface area contributed by atoms with Gasteiger partial charge >= 0.3 is 0 Å². The fourth-order valence-corrected chi connectivity index (χ4v) is 2.57. The maximum atomic E-state index is 11.3. The highest BCUT2D eigenvalue weighted by Gasteiger charge is 2.08. The zero-order valence-corrected chi connectivity index (χ0v) is 11.8. The first-order valence-electron chi connectivity index (χ1n) is 4.76. The number of rotatable bonds is 3. The Bertz CT molecular complexity index is 658. The van der Waals surface area contributed by atoms with Crippen LogP contribution in [0.3, 0.4) is 0 Å². The van der Waals surface area contributed by atoms with Crippen molar-refractivity contribution >= 4 is 54.0 Å². The molecular formula is C11H9BrClNO2S. The highest BCUT2D eigenvalue weighted by Crippen LogP contribution is 2.23. The normalized spacial score (nSPS) is 11.6. The molecule has 1 N–H and O–H groups in total. The van der Waals surface area contributed by atoms with Gasteiger partial charge in [-0.25, -0.2) is 8.42 Å². The average molecular weight is 335 g/mol. The van der Waals surface area contributed by atoms with Crippen LogP contribution in [0.4, 0.5) is 5.69 Å². The monoisotopic (exact) mass is 333 g/mol. The second-order valence-corrected chi connectivity index (χ2v) is 6.75. The van der Waals surface area contributed by atoms with Crippen molar-refractivity contribution in [1.29, 1.82) is 0 Å². The second kappa shape index (κ2) is 4.84. The van der Waals surface area contributed by atoms with Crippen molar-refractivity contribution in [1.82, 2.24) is 0 Å². The van der Waals surface area contributed by atoms with Crippen molar-refractivity contribution in [3.05, 3.63) is 40.9 Å². The zero-order valence-electron chi connectivity index (χ0n) is 8.65. The van der Waals surface area contributed by atoms with Crippen molar-refractivity contribution < 1.29 is 8.42 Å². The topological polar surface area (TPSA) is 46.2 Å². The summed E-state index contributed by atoms with van der Waals surface area (Å²) in [5.41, 5.74) is 0.514. The molecule has 6 heteroatoms. The van der Waals surface area contributed by atoms with E-state index in [2.05, 4.69) is 20.7 Å². The van der Waals surface area contributed by atoms with Crippen molar-refractivity contribution in [2.24, 2.45) is 0 Å². The maximum Gasteiger partial charge on any atom is 0.246 e. The van der Waals surface area contributed by atoms with Gasteiger partial charge in [0.05, 0.1) is 0 Å². The Morgan fingerprint density at radius 1 is 1.12 bits per heavy atom. The number of hydrogen-bond donors (Lipinski definition) is 1. The van der Waals surface area contributed by atoms with Gasteiger partial charge in [0.15, 0.2) is 0 Å². The van der Waals surface area contributed by atoms with E-state index in [1.807, 2.05) is 24.3 Å². The van der Waals surface area contributed by atoms with Crippen LogP contribution in [0.15, 0.2) is 40.9 Å². The van der Waals surface area contributed by atoms with Crippen LogP contribution in [0.5, 0.6) is 0 Å². The van der Waals surface area contributed by atoms with Crippen LogP contribution in [-0.4, -0.2) is 13.6 Å². The van der Waals surface area contributed by atoms with E-state index in [9.17, 15) is 8.42 Å². The van der Waals surface area contributed by atoms with Crippen LogP contribution in [-0.2, 0) is 10.0 Å². The van der Waals surface area contributed by atoms with Gasteiger partial charge in [0.2, 0.25) is 10.0 Å². The fourth-order valence-electron chi connectivity index (χ4n) is 1.49. The van der Waals surface area contributed by atoms with Crippen LogP contribution < -0.4 is 4.72 Å². The molecule has 0 saturated heterocycles. The summed E-state index contributed by atoms with van der Waals surface area (Å²) in [6.45, 7) is 0. The molecule has 17 heavy (non-hydrogen) atoms. The molecule has 0 saturated carbocycles. The number of hydrogen-bond acceptors (Lipinski definition) is 2. The second-order valence-electron chi connectivity index (χ2n) is 3.53. The summed E-state index contributed by atoms with van der Waals surface area (Å²) in [6, 6.07) is 11.1. The summed E-state index contributed by atoms with van der Waals surface area (Å²) in [5, 5.41) is 1.54. The van der Waals surface area contributed by atoms with E-state index < -0.39 is 15.2 Å². The fraction of sp³-hybridized carbons (Fsp3) is 0.0909. The van der Waals surface area contributed by atoms with Crippen LogP contribution in [0.1, 0.15) is 0 Å². The molecule has 0 fully saturated rings. The van der Waals surface area contributed by atoms with Gasteiger partial charge in [0.1, 0.15) is 5.21 Å². The van der Waals surface area contributed by atoms with Crippen molar-refractivity contribution in [3.8, 4) is 0 Å². The first-order valence-corrected chi connectivity index (χ1v) is 7.74. The molecular weight excluding hydrogens is 326 g/mol. The van der Waals surface area contributed by atoms with Gasteiger partial charge in [-0.05, 0) is 35.0 Å². The molecule has 0 bridgehead atoms. The van der Waals surface area contributed by atoms with Gasteiger partial charge in [-0.1, -0.05) is 28.1 Å². The maximum absolute atomic E-state index is 11.3. The number of sulfonamides is 1. The van der Waals surface area contributed by atoms with Crippen molar-refractivity contribution in [2.45, 2.75) is 0 Å². The summed E-state index contributed by atoms with van der Waals surface area (Å²) < 4.78 is 26.0. The molecule has 2 rings (SSSR count). The molecule has 0 aliphatic rings. The zero-order chi connectivity index (χ0) is 12.5. The molecule has 0 radical (unpaired) electrons. The summed E-state index contributed by atoms with van der Waals surface area (Å²) in [7, 11) is -3.44. The van der Waals surface area contributed by atoms with Crippen molar-refractivity contribution in [2.75, 3.05) is 9.93 Å². The number of benzene rings is 2. The van der Waals surface area contributed by atoms with E-state index in [4.69, 9.17) is 11.6 Å². The number of alkyl halides is 1. The van der Waals surface area contributed by atoms with Gasteiger partial charge in [-0.3, -0.25) is 4.72 Å². The standard InChI is InChI=1S/C11H9BrClNO2S/c12-10-3-1-9-6-11(4-2-8(9)5-10)14-17(15,16)7-13/h1-6,14H,7H2. The van der Waals surface area contributed by atoms with Crippen LogP contribution in [0.25, 0.3) is 10.8 Å². The molecule has 0 aliphatic carbocycles. The first-order chi connectivity index (χ1) is 8.00. The minimum absolute atomic E-state index is 0.453. The van der Waals surface area contributed by atoms with Gasteiger partial charge in [-0.2, -0.15) is 0 Å². The highest BCUT2D eigenvalue weighted by molar-refractivity contribution is 9.10. The third kappa shape index (κ3) is 3.12. The molecule has 3 nitrogen and oxygen atoms in total. The van der Waals surface area contributed by atoms with Crippen LogP contribution in [0.2, 0.25) is 0 Å². The minimum atomic E-state index is -3.44. The smallest absolute Gasteiger partial charge is 0.246 e. The third-order valence-corrected chi connectivity index (χ3v) is 4.41. The summed E-state index contributed by atoms with van der Waals surface area (Å²) in [5.74, 6) is 0. The largest absolute Gasteiger partial charge is 0.283 e. The van der Waals surface area contributed by atoms with Crippen LogP contribution in [0, 0.1) is 0 Å². The Kier molecular flexibility index (Phi) is 3.61. The van der Waals surface area contributed by atoms with Crippen molar-refractivity contribution in [3.63, 3.8) is 0 Å². The van der Waals surface area contributed by atoms with Gasteiger partial charge in [0.25, 0.3) is 0 Å². The lowest BCUT2D eigenvalue weighted by Gasteiger charge is -2.06. The Labute approximate surface area is 113 Å². The molecule has 2 aromatic rings. The Balaban J connectivity index is 2.42. The molecule has 0 unspecified atom stereocenters. The molecule has 0 atom stereocenters. The van der Waals surface area contributed by atoms with Gasteiger partial charge in [-0.15, -0.1) is 11.6 Å². The summed E-state index contributed by atoms with van der Waals surface area (Å²) in [4.78, 5) is 0. The minimum Gasteiger partial charge on any atom is -0.283 e. The first kappa shape index (κ1) is 12.7. The average Bonchev–Trinajstić information content (AvgIpc) is 2.29. The van der Waals surface area contributed by atoms with Gasteiger partial charge in [0, 0.05) is 10.2 Å². The Morgan fingerprint density at radius 2 is 1.76 bits per heavy atom. The van der Waals surface area contributed by atoms with E-state index in [1.165, 1.54) is 0 Å². The number of fused-ring (bicyclic) bond motifs is 1. The third-order valence-electron chi connectivity index (χ3n) is 2.22. The Hall–Kier alpha value is -0.780. The van der Waals surface area contributed by atoms with E-state index in [1.54, 1.807) is 12.1 Å². The lowest BCUT2D eigenvalue weighted by molar-refractivity contribution is 0.605.